The van der Waals surface area contributed by atoms with Gasteiger partial charge in [-0.05, 0) is 30.9 Å². The van der Waals surface area contributed by atoms with E-state index >= 15 is 0 Å². The van der Waals surface area contributed by atoms with Crippen LogP contribution in [0.2, 0.25) is 0 Å². The molecular weight excluding hydrogens is 360 g/mol. The molecule has 0 bridgehead atoms. The van der Waals surface area contributed by atoms with Gasteiger partial charge in [0.15, 0.2) is 5.78 Å². The first-order valence-corrected chi connectivity index (χ1v) is 10.2. The first kappa shape index (κ1) is 17.9. The highest BCUT2D eigenvalue weighted by molar-refractivity contribution is 7.20. The smallest absolute Gasteiger partial charge is 0.262 e. The molecule has 4 rings (SSSR count). The first-order valence-electron chi connectivity index (χ1n) is 9.34. The summed E-state index contributed by atoms with van der Waals surface area (Å²) in [6.07, 6.45) is 3.77. The molecule has 3 aromatic rings. The van der Waals surface area contributed by atoms with E-state index in [0.717, 1.165) is 53.3 Å². The number of hydrogen-bond acceptors (Lipinski definition) is 5. The number of Topliss-reactive ketones (excluding diaryl/α,β-unsaturated/α-hetero) is 1. The number of rotatable bonds is 5. The summed E-state index contributed by atoms with van der Waals surface area (Å²) in [6.45, 7) is 2.49. The fourth-order valence-corrected chi connectivity index (χ4v) is 4.97. The van der Waals surface area contributed by atoms with Gasteiger partial charge in [0.25, 0.3) is 5.56 Å². The summed E-state index contributed by atoms with van der Waals surface area (Å²) < 4.78 is 7.22. The second kappa shape index (κ2) is 7.27. The van der Waals surface area contributed by atoms with Crippen molar-refractivity contribution in [3.05, 3.63) is 56.4 Å². The minimum atomic E-state index is -0.0402. The number of ketones is 1. The van der Waals surface area contributed by atoms with Crippen LogP contribution < -0.4 is 10.3 Å². The Bertz CT molecular complexity index is 1080. The van der Waals surface area contributed by atoms with Crippen LogP contribution in [0.5, 0.6) is 5.75 Å². The van der Waals surface area contributed by atoms with Gasteiger partial charge in [-0.1, -0.05) is 25.1 Å². The average molecular weight is 382 g/mol. The molecule has 0 atom stereocenters. The lowest BCUT2D eigenvalue weighted by molar-refractivity contribution is 0.0977. The molecule has 0 fully saturated rings. The monoisotopic (exact) mass is 382 g/mol. The summed E-state index contributed by atoms with van der Waals surface area (Å²) in [7, 11) is 1.64. The van der Waals surface area contributed by atoms with Crippen LogP contribution in [0.15, 0.2) is 29.1 Å². The van der Waals surface area contributed by atoms with Gasteiger partial charge >= 0.3 is 0 Å². The Hall–Kier alpha value is -2.47. The van der Waals surface area contributed by atoms with Gasteiger partial charge < -0.3 is 4.74 Å². The van der Waals surface area contributed by atoms with Crippen molar-refractivity contribution in [1.29, 1.82) is 0 Å². The molecule has 0 spiro atoms. The van der Waals surface area contributed by atoms with E-state index in [1.54, 1.807) is 11.7 Å². The summed E-state index contributed by atoms with van der Waals surface area (Å²) in [6, 6.07) is 7.73. The molecule has 27 heavy (non-hydrogen) atoms. The largest absolute Gasteiger partial charge is 0.496 e. The number of nitrogens with zero attached hydrogens (tertiary/aromatic N) is 2. The van der Waals surface area contributed by atoms with Crippen molar-refractivity contribution in [3.8, 4) is 5.75 Å². The number of para-hydroxylation sites is 1. The van der Waals surface area contributed by atoms with E-state index in [-0.39, 0.29) is 11.3 Å². The SMILES string of the molecule is CCCc1nc2sc3c(c2c(=O)n1Cc1ccccc1OC)CCCC3=O. The van der Waals surface area contributed by atoms with Crippen molar-refractivity contribution in [3.63, 3.8) is 0 Å². The number of aromatic nitrogens is 2. The molecule has 2 aromatic heterocycles. The minimum Gasteiger partial charge on any atom is -0.496 e. The molecule has 6 heteroatoms. The fourth-order valence-electron chi connectivity index (χ4n) is 3.77. The highest BCUT2D eigenvalue weighted by Gasteiger charge is 2.26. The van der Waals surface area contributed by atoms with Gasteiger partial charge in [0.2, 0.25) is 0 Å². The molecule has 0 N–H and O–H groups in total. The van der Waals surface area contributed by atoms with Crippen LogP contribution in [0, 0.1) is 0 Å². The lowest BCUT2D eigenvalue weighted by Gasteiger charge is -2.15. The first-order chi connectivity index (χ1) is 13.1. The number of benzene rings is 1. The van der Waals surface area contributed by atoms with Crippen LogP contribution in [0.25, 0.3) is 10.2 Å². The van der Waals surface area contributed by atoms with Gasteiger partial charge in [-0.3, -0.25) is 14.2 Å². The summed E-state index contributed by atoms with van der Waals surface area (Å²) in [5, 5.41) is 0.637. The second-order valence-corrected chi connectivity index (χ2v) is 7.85. The number of hydrogen-bond donors (Lipinski definition) is 0. The summed E-state index contributed by atoms with van der Waals surface area (Å²) in [5.41, 5.74) is 1.81. The molecule has 0 aliphatic heterocycles. The summed E-state index contributed by atoms with van der Waals surface area (Å²) in [5.74, 6) is 1.67. The van der Waals surface area contributed by atoms with E-state index in [1.807, 2.05) is 24.3 Å². The second-order valence-electron chi connectivity index (χ2n) is 6.85. The third kappa shape index (κ3) is 3.08. The van der Waals surface area contributed by atoms with Gasteiger partial charge in [0.1, 0.15) is 16.4 Å². The van der Waals surface area contributed by atoms with Gasteiger partial charge in [0.05, 0.1) is 23.9 Å². The number of carbonyl (C=O) groups excluding carboxylic acids is 1. The maximum absolute atomic E-state index is 13.4. The van der Waals surface area contributed by atoms with E-state index < -0.39 is 0 Å². The molecule has 0 saturated carbocycles. The van der Waals surface area contributed by atoms with Crippen molar-refractivity contribution in [2.24, 2.45) is 0 Å². The molecule has 0 amide bonds. The molecule has 5 nitrogen and oxygen atoms in total. The van der Waals surface area contributed by atoms with Crippen LogP contribution in [0.4, 0.5) is 0 Å². The van der Waals surface area contributed by atoms with Crippen molar-refractivity contribution in [2.45, 2.75) is 45.6 Å². The number of fused-ring (bicyclic) bond motifs is 3. The van der Waals surface area contributed by atoms with Gasteiger partial charge in [0, 0.05) is 18.4 Å². The topological polar surface area (TPSA) is 61.2 Å². The standard InChI is InChI=1S/C21H22N2O3S/c1-3-7-17-22-20-18(14-9-6-10-15(24)19(14)27-20)21(25)23(17)12-13-8-4-5-11-16(13)26-2/h4-5,8,11H,3,6-7,9-10,12H2,1-2H3. The zero-order valence-corrected chi connectivity index (χ0v) is 16.4. The number of methoxy groups -OCH3 is 1. The van der Waals surface area contributed by atoms with Crippen LogP contribution >= 0.6 is 11.3 Å². The summed E-state index contributed by atoms with van der Waals surface area (Å²) in [4.78, 5) is 32.0. The third-order valence-corrected chi connectivity index (χ3v) is 6.24. The number of thiophene rings is 1. The van der Waals surface area contributed by atoms with E-state index in [4.69, 9.17) is 9.72 Å². The Morgan fingerprint density at radius 3 is 2.81 bits per heavy atom. The molecule has 0 radical (unpaired) electrons. The van der Waals surface area contributed by atoms with Gasteiger partial charge in [-0.2, -0.15) is 0 Å². The lowest BCUT2D eigenvalue weighted by Crippen LogP contribution is -2.26. The number of aryl methyl sites for hydroxylation is 2. The predicted octanol–water partition coefficient (Wildman–Crippen LogP) is 3.99. The Morgan fingerprint density at radius 2 is 2.04 bits per heavy atom. The maximum Gasteiger partial charge on any atom is 0.262 e. The average Bonchev–Trinajstić information content (AvgIpc) is 3.05. The molecule has 0 saturated heterocycles. The quantitative estimate of drug-likeness (QED) is 0.669. The molecule has 1 aliphatic rings. The molecular formula is C21H22N2O3S. The Kier molecular flexibility index (Phi) is 4.83. The zero-order chi connectivity index (χ0) is 19.0. The minimum absolute atomic E-state index is 0.0402. The van der Waals surface area contributed by atoms with Gasteiger partial charge in [-0.25, -0.2) is 4.98 Å². The van der Waals surface area contributed by atoms with Crippen molar-refractivity contribution in [1.82, 2.24) is 9.55 Å². The van der Waals surface area contributed by atoms with Crippen LogP contribution in [-0.2, 0) is 19.4 Å². The van der Waals surface area contributed by atoms with Crippen molar-refractivity contribution >= 4 is 27.3 Å². The van der Waals surface area contributed by atoms with Crippen molar-refractivity contribution in [2.75, 3.05) is 7.11 Å². The van der Waals surface area contributed by atoms with E-state index in [2.05, 4.69) is 6.92 Å². The van der Waals surface area contributed by atoms with E-state index in [9.17, 15) is 9.59 Å². The Labute approximate surface area is 161 Å². The predicted molar refractivity (Wildman–Crippen MR) is 107 cm³/mol. The Morgan fingerprint density at radius 1 is 1.22 bits per heavy atom. The lowest BCUT2D eigenvalue weighted by atomic mass is 9.96. The van der Waals surface area contributed by atoms with E-state index in [0.29, 0.717) is 23.2 Å². The number of carbonyl (C=O) groups is 1. The molecule has 2 heterocycles. The Balaban J connectivity index is 1.93. The maximum atomic E-state index is 13.4. The highest BCUT2D eigenvalue weighted by atomic mass is 32.1. The van der Waals surface area contributed by atoms with Crippen molar-refractivity contribution < 1.29 is 9.53 Å². The van der Waals surface area contributed by atoms with E-state index in [1.165, 1.54) is 11.3 Å². The number of ether oxygens (including phenoxy) is 1. The van der Waals surface area contributed by atoms with Crippen LogP contribution in [0.3, 0.4) is 0 Å². The molecule has 0 unspecified atom stereocenters. The van der Waals surface area contributed by atoms with Gasteiger partial charge in [-0.15, -0.1) is 11.3 Å². The normalized spacial score (nSPS) is 13.8. The fraction of sp³-hybridized carbons (Fsp3) is 0.381. The van der Waals surface area contributed by atoms with Crippen LogP contribution in [-0.4, -0.2) is 22.4 Å². The zero-order valence-electron chi connectivity index (χ0n) is 15.6. The molecule has 1 aromatic carbocycles. The molecule has 1 aliphatic carbocycles. The molecule has 140 valence electrons. The highest BCUT2D eigenvalue weighted by Crippen LogP contribution is 2.34. The summed E-state index contributed by atoms with van der Waals surface area (Å²) >= 11 is 1.39. The third-order valence-electron chi connectivity index (χ3n) is 5.07. The van der Waals surface area contributed by atoms with Crippen LogP contribution in [0.1, 0.15) is 52.8 Å².